The number of hydrogen-bond donors (Lipinski definition) is 2. The van der Waals surface area contributed by atoms with Gasteiger partial charge in [0.2, 0.25) is 5.91 Å². The van der Waals surface area contributed by atoms with Gasteiger partial charge in [0.1, 0.15) is 5.75 Å². The summed E-state index contributed by atoms with van der Waals surface area (Å²) in [6, 6.07) is 6.89. The number of piperidine rings is 1. The molecule has 24 heavy (non-hydrogen) atoms. The Morgan fingerprint density at radius 2 is 1.71 bits per heavy atom. The number of nitrogens with zero attached hydrogens (tertiary/aromatic N) is 2. The molecule has 1 aromatic carbocycles. The van der Waals surface area contributed by atoms with Crippen molar-refractivity contribution < 1.29 is 14.7 Å². The van der Waals surface area contributed by atoms with Crippen molar-refractivity contribution in [1.82, 2.24) is 15.1 Å². The molecule has 2 aliphatic rings. The highest BCUT2D eigenvalue weighted by Gasteiger charge is 2.31. The summed E-state index contributed by atoms with van der Waals surface area (Å²) >= 11 is 0. The van der Waals surface area contributed by atoms with E-state index in [0.29, 0.717) is 13.1 Å². The van der Waals surface area contributed by atoms with Gasteiger partial charge in [-0.15, -0.1) is 0 Å². The first-order valence-electron chi connectivity index (χ1n) is 8.73. The van der Waals surface area contributed by atoms with Crippen LogP contribution in [-0.4, -0.2) is 53.0 Å². The first-order chi connectivity index (χ1) is 11.6. The van der Waals surface area contributed by atoms with E-state index in [9.17, 15) is 14.7 Å². The maximum Gasteiger partial charge on any atom is 0.320 e. The molecular formula is C18H25N3O3. The lowest BCUT2D eigenvalue weighted by atomic mass is 9.97. The van der Waals surface area contributed by atoms with Crippen molar-refractivity contribution in [2.75, 3.05) is 26.2 Å². The third kappa shape index (κ3) is 3.99. The second-order valence-electron chi connectivity index (χ2n) is 6.65. The number of hydrogen-bond acceptors (Lipinski definition) is 3. The Morgan fingerprint density at radius 1 is 1.04 bits per heavy atom. The molecule has 0 radical (unpaired) electrons. The number of nitrogens with one attached hydrogen (secondary N) is 1. The largest absolute Gasteiger partial charge is 0.508 e. The maximum absolute atomic E-state index is 12.5. The van der Waals surface area contributed by atoms with Gasteiger partial charge in [-0.1, -0.05) is 12.1 Å². The molecule has 0 bridgehead atoms. The Labute approximate surface area is 142 Å². The number of benzene rings is 1. The van der Waals surface area contributed by atoms with Crippen molar-refractivity contribution in [3.05, 3.63) is 29.8 Å². The Bertz CT molecular complexity index is 582. The smallest absolute Gasteiger partial charge is 0.320 e. The van der Waals surface area contributed by atoms with E-state index in [2.05, 4.69) is 5.32 Å². The second kappa shape index (κ2) is 7.55. The van der Waals surface area contributed by atoms with E-state index >= 15 is 0 Å². The fourth-order valence-corrected chi connectivity index (χ4v) is 3.42. The van der Waals surface area contributed by atoms with E-state index in [1.165, 1.54) is 0 Å². The molecule has 0 unspecified atom stereocenters. The molecule has 1 atom stereocenters. The monoisotopic (exact) mass is 331 g/mol. The van der Waals surface area contributed by atoms with E-state index in [4.69, 9.17) is 0 Å². The fourth-order valence-electron chi connectivity index (χ4n) is 3.42. The summed E-state index contributed by atoms with van der Waals surface area (Å²) in [7, 11) is 0. The molecule has 3 rings (SSSR count). The highest BCUT2D eigenvalue weighted by atomic mass is 16.3. The zero-order valence-corrected chi connectivity index (χ0v) is 13.9. The van der Waals surface area contributed by atoms with Crippen LogP contribution < -0.4 is 5.32 Å². The third-order valence-electron chi connectivity index (χ3n) is 4.84. The zero-order valence-electron chi connectivity index (χ0n) is 13.9. The van der Waals surface area contributed by atoms with Crippen LogP contribution in [0.5, 0.6) is 5.75 Å². The number of rotatable bonds is 3. The Morgan fingerprint density at radius 3 is 2.42 bits per heavy atom. The first-order valence-corrected chi connectivity index (χ1v) is 8.73. The summed E-state index contributed by atoms with van der Waals surface area (Å²) in [5.41, 5.74) is 0.946. The van der Waals surface area contributed by atoms with Gasteiger partial charge in [0.15, 0.2) is 0 Å². The number of likely N-dealkylation sites (tertiary alicyclic amines) is 2. The number of phenols is 1. The molecule has 0 aliphatic carbocycles. The zero-order chi connectivity index (χ0) is 16.9. The number of carbonyl (C=O) groups is 2. The Hall–Kier alpha value is -2.24. The fraction of sp³-hybridized carbons (Fsp3) is 0.556. The van der Waals surface area contributed by atoms with Crippen LogP contribution in [0.3, 0.4) is 0 Å². The summed E-state index contributed by atoms with van der Waals surface area (Å²) in [6.07, 6.45) is 3.86. The molecule has 0 saturated carbocycles. The van der Waals surface area contributed by atoms with Crippen LogP contribution in [0.4, 0.5) is 4.79 Å². The van der Waals surface area contributed by atoms with Crippen molar-refractivity contribution in [2.45, 2.75) is 32.2 Å². The molecule has 3 amide bonds. The van der Waals surface area contributed by atoms with Gasteiger partial charge in [-0.3, -0.25) is 4.79 Å². The van der Waals surface area contributed by atoms with Gasteiger partial charge in [-0.25, -0.2) is 4.79 Å². The van der Waals surface area contributed by atoms with E-state index < -0.39 is 0 Å². The topological polar surface area (TPSA) is 72.9 Å². The van der Waals surface area contributed by atoms with Gasteiger partial charge < -0.3 is 20.2 Å². The van der Waals surface area contributed by atoms with Crippen molar-refractivity contribution in [2.24, 2.45) is 5.92 Å². The van der Waals surface area contributed by atoms with Crippen LogP contribution in [-0.2, 0) is 11.3 Å². The quantitative estimate of drug-likeness (QED) is 0.889. The molecule has 2 heterocycles. The normalized spacial score (nSPS) is 20.9. The molecule has 130 valence electrons. The molecule has 2 N–H and O–H groups in total. The van der Waals surface area contributed by atoms with Crippen LogP contribution in [0.1, 0.15) is 31.2 Å². The lowest BCUT2D eigenvalue weighted by molar-refractivity contribution is -0.126. The predicted molar refractivity (Wildman–Crippen MR) is 90.5 cm³/mol. The summed E-state index contributed by atoms with van der Waals surface area (Å²) in [4.78, 5) is 28.6. The molecule has 6 nitrogen and oxygen atoms in total. The van der Waals surface area contributed by atoms with Crippen LogP contribution in [0, 0.1) is 5.92 Å². The minimum atomic E-state index is -0.137. The molecule has 2 fully saturated rings. The van der Waals surface area contributed by atoms with Crippen molar-refractivity contribution in [3.8, 4) is 5.75 Å². The SMILES string of the molecule is O=C(NCc1ccc(O)cc1)[C@@H]1CCCN(C(=O)N2CCCC2)C1. The molecule has 2 aliphatic heterocycles. The summed E-state index contributed by atoms with van der Waals surface area (Å²) in [5, 5.41) is 12.2. The van der Waals surface area contributed by atoms with Crippen LogP contribution >= 0.6 is 0 Å². The van der Waals surface area contributed by atoms with Gasteiger partial charge in [0.25, 0.3) is 0 Å². The Kier molecular flexibility index (Phi) is 5.23. The molecular weight excluding hydrogens is 306 g/mol. The van der Waals surface area contributed by atoms with Crippen LogP contribution in [0.2, 0.25) is 0 Å². The van der Waals surface area contributed by atoms with Gasteiger partial charge in [0, 0.05) is 32.7 Å². The second-order valence-corrected chi connectivity index (χ2v) is 6.65. The average Bonchev–Trinajstić information content (AvgIpc) is 3.15. The van der Waals surface area contributed by atoms with Gasteiger partial charge in [-0.2, -0.15) is 0 Å². The molecule has 1 aromatic rings. The predicted octanol–water partition coefficient (Wildman–Crippen LogP) is 1.94. The number of amides is 3. The number of phenolic OH excluding ortho intramolecular Hbond substituents is 1. The minimum Gasteiger partial charge on any atom is -0.508 e. The van der Waals surface area contributed by atoms with E-state index in [1.54, 1.807) is 24.3 Å². The van der Waals surface area contributed by atoms with E-state index in [-0.39, 0.29) is 23.6 Å². The van der Waals surface area contributed by atoms with Crippen LogP contribution in [0.15, 0.2) is 24.3 Å². The molecule has 0 spiro atoms. The van der Waals surface area contributed by atoms with Crippen LogP contribution in [0.25, 0.3) is 0 Å². The number of aromatic hydroxyl groups is 1. The third-order valence-corrected chi connectivity index (χ3v) is 4.84. The first kappa shape index (κ1) is 16.6. The summed E-state index contributed by atoms with van der Waals surface area (Å²) < 4.78 is 0. The minimum absolute atomic E-state index is 0.00185. The van der Waals surface area contributed by atoms with Crippen molar-refractivity contribution >= 4 is 11.9 Å². The number of carbonyl (C=O) groups excluding carboxylic acids is 2. The van der Waals surface area contributed by atoms with Gasteiger partial charge in [-0.05, 0) is 43.4 Å². The lowest BCUT2D eigenvalue weighted by Gasteiger charge is -2.34. The van der Waals surface area contributed by atoms with Crippen molar-refractivity contribution in [1.29, 1.82) is 0 Å². The van der Waals surface area contributed by atoms with E-state index in [0.717, 1.165) is 50.9 Å². The van der Waals surface area contributed by atoms with Gasteiger partial charge >= 0.3 is 6.03 Å². The summed E-state index contributed by atoms with van der Waals surface area (Å²) in [6.45, 7) is 3.38. The highest BCUT2D eigenvalue weighted by Crippen LogP contribution is 2.20. The lowest BCUT2D eigenvalue weighted by Crippen LogP contribution is -2.49. The standard InChI is InChI=1S/C18H25N3O3/c22-16-7-5-14(6-8-16)12-19-17(23)15-4-3-11-21(13-15)18(24)20-9-1-2-10-20/h5-8,15,22H,1-4,9-13H2,(H,19,23)/t15-/m1/s1. The van der Waals surface area contributed by atoms with Crippen molar-refractivity contribution in [3.63, 3.8) is 0 Å². The molecule has 2 saturated heterocycles. The summed E-state index contributed by atoms with van der Waals surface area (Å²) in [5.74, 6) is 0.0813. The Balaban J connectivity index is 1.51. The maximum atomic E-state index is 12.5. The molecule has 0 aromatic heterocycles. The van der Waals surface area contributed by atoms with E-state index in [1.807, 2.05) is 9.80 Å². The average molecular weight is 331 g/mol. The number of urea groups is 1. The highest BCUT2D eigenvalue weighted by molar-refractivity contribution is 5.81. The van der Waals surface area contributed by atoms with Gasteiger partial charge in [0.05, 0.1) is 5.92 Å². The molecule has 6 heteroatoms.